The number of hydrogen-bond acceptors (Lipinski definition) is 2. The highest BCUT2D eigenvalue weighted by atomic mass is 15.2. The molecule has 3 rings (SSSR count). The van der Waals surface area contributed by atoms with E-state index in [-0.39, 0.29) is 0 Å². The second-order valence-corrected chi connectivity index (χ2v) is 4.51. The van der Waals surface area contributed by atoms with Crippen molar-refractivity contribution >= 4 is 17.0 Å². The minimum atomic E-state index is 0.532. The molecule has 2 N–H and O–H groups in total. The van der Waals surface area contributed by atoms with Crippen molar-refractivity contribution in [2.24, 2.45) is 0 Å². The van der Waals surface area contributed by atoms with Gasteiger partial charge in [-0.25, -0.2) is 4.98 Å². The van der Waals surface area contributed by atoms with Crippen molar-refractivity contribution in [3.63, 3.8) is 0 Å². The Kier molecular flexibility index (Phi) is 2.33. The first-order valence-electron chi connectivity index (χ1n) is 5.98. The van der Waals surface area contributed by atoms with Crippen LogP contribution in [0, 0.1) is 13.8 Å². The molecule has 0 radical (unpaired) electrons. The van der Waals surface area contributed by atoms with Crippen LogP contribution in [0.1, 0.15) is 11.1 Å². The number of nitrogen functional groups attached to an aromatic ring is 1. The van der Waals surface area contributed by atoms with Crippen molar-refractivity contribution in [2.45, 2.75) is 13.8 Å². The SMILES string of the molecule is Cc1cccc(-n2c(N)nc3ccccc32)c1C. The van der Waals surface area contributed by atoms with Gasteiger partial charge in [0, 0.05) is 0 Å². The van der Waals surface area contributed by atoms with Gasteiger partial charge in [0.15, 0.2) is 0 Å². The van der Waals surface area contributed by atoms with Crippen LogP contribution in [0.25, 0.3) is 16.7 Å². The number of nitrogens with two attached hydrogens (primary N) is 1. The molecule has 3 heteroatoms. The molecule has 90 valence electrons. The standard InChI is InChI=1S/C15H15N3/c1-10-6-5-9-13(11(10)2)18-14-8-4-3-7-12(14)17-15(18)16/h3-9H,1-2H3,(H2,16,17). The van der Waals surface area contributed by atoms with E-state index in [9.17, 15) is 0 Å². The highest BCUT2D eigenvalue weighted by molar-refractivity contribution is 5.81. The lowest BCUT2D eigenvalue weighted by Gasteiger charge is -2.11. The molecule has 0 aliphatic heterocycles. The zero-order chi connectivity index (χ0) is 12.7. The second-order valence-electron chi connectivity index (χ2n) is 4.51. The summed E-state index contributed by atoms with van der Waals surface area (Å²) in [6.07, 6.45) is 0. The maximum absolute atomic E-state index is 6.06. The third-order valence-electron chi connectivity index (χ3n) is 3.40. The Bertz CT molecular complexity index is 726. The molecule has 1 heterocycles. The Morgan fingerprint density at radius 1 is 1.00 bits per heavy atom. The van der Waals surface area contributed by atoms with Gasteiger partial charge in [0.05, 0.1) is 16.7 Å². The predicted molar refractivity (Wildman–Crippen MR) is 75.0 cm³/mol. The Labute approximate surface area is 106 Å². The van der Waals surface area contributed by atoms with Gasteiger partial charge in [-0.1, -0.05) is 24.3 Å². The van der Waals surface area contributed by atoms with Crippen molar-refractivity contribution in [2.75, 3.05) is 5.73 Å². The number of rotatable bonds is 1. The highest BCUT2D eigenvalue weighted by Gasteiger charge is 2.11. The molecule has 3 nitrogen and oxygen atoms in total. The molecule has 3 aromatic rings. The molecule has 0 saturated heterocycles. The fourth-order valence-corrected chi connectivity index (χ4v) is 2.28. The van der Waals surface area contributed by atoms with Gasteiger partial charge in [0.1, 0.15) is 0 Å². The van der Waals surface area contributed by atoms with Gasteiger partial charge in [-0.3, -0.25) is 4.57 Å². The van der Waals surface area contributed by atoms with E-state index in [2.05, 4.69) is 31.0 Å². The smallest absolute Gasteiger partial charge is 0.205 e. The minimum Gasteiger partial charge on any atom is -0.369 e. The summed E-state index contributed by atoms with van der Waals surface area (Å²) < 4.78 is 2.01. The lowest BCUT2D eigenvalue weighted by molar-refractivity contribution is 1.08. The Morgan fingerprint density at radius 3 is 2.61 bits per heavy atom. The number of aromatic nitrogens is 2. The Hall–Kier alpha value is -2.29. The first-order valence-corrected chi connectivity index (χ1v) is 5.98. The summed E-state index contributed by atoms with van der Waals surface area (Å²) in [5.41, 5.74) is 11.6. The van der Waals surface area contributed by atoms with Crippen molar-refractivity contribution in [3.8, 4) is 5.69 Å². The topological polar surface area (TPSA) is 43.8 Å². The van der Waals surface area contributed by atoms with Gasteiger partial charge >= 0.3 is 0 Å². The van der Waals surface area contributed by atoms with E-state index >= 15 is 0 Å². The summed E-state index contributed by atoms with van der Waals surface area (Å²) in [6, 6.07) is 14.2. The summed E-state index contributed by atoms with van der Waals surface area (Å²) in [5.74, 6) is 0.532. The summed E-state index contributed by atoms with van der Waals surface area (Å²) >= 11 is 0. The van der Waals surface area contributed by atoms with E-state index in [1.54, 1.807) is 0 Å². The summed E-state index contributed by atoms with van der Waals surface area (Å²) in [5, 5.41) is 0. The fourth-order valence-electron chi connectivity index (χ4n) is 2.28. The molecule has 0 atom stereocenters. The van der Waals surface area contributed by atoms with E-state index < -0.39 is 0 Å². The normalized spacial score (nSPS) is 11.0. The van der Waals surface area contributed by atoms with Crippen LogP contribution in [-0.4, -0.2) is 9.55 Å². The van der Waals surface area contributed by atoms with Crippen LogP contribution in [-0.2, 0) is 0 Å². The number of anilines is 1. The molecule has 0 aliphatic carbocycles. The number of imidazole rings is 1. The van der Waals surface area contributed by atoms with Gasteiger partial charge in [0.25, 0.3) is 0 Å². The van der Waals surface area contributed by atoms with Crippen molar-refractivity contribution in [3.05, 3.63) is 53.6 Å². The number of aryl methyl sites for hydroxylation is 1. The maximum Gasteiger partial charge on any atom is 0.205 e. The van der Waals surface area contributed by atoms with Crippen LogP contribution >= 0.6 is 0 Å². The Balaban J connectivity index is 2.38. The van der Waals surface area contributed by atoms with Crippen molar-refractivity contribution < 1.29 is 0 Å². The number of nitrogens with zero attached hydrogens (tertiary/aromatic N) is 2. The van der Waals surface area contributed by atoms with Gasteiger partial charge in [-0.05, 0) is 43.2 Å². The number of para-hydroxylation sites is 2. The average Bonchev–Trinajstić information content (AvgIpc) is 2.69. The molecule has 0 fully saturated rings. The lowest BCUT2D eigenvalue weighted by Crippen LogP contribution is -2.03. The third-order valence-corrected chi connectivity index (χ3v) is 3.40. The molecule has 0 spiro atoms. The molecular formula is C15H15N3. The van der Waals surface area contributed by atoms with Crippen LogP contribution < -0.4 is 5.73 Å². The van der Waals surface area contributed by atoms with Gasteiger partial charge < -0.3 is 5.73 Å². The van der Waals surface area contributed by atoms with E-state index in [4.69, 9.17) is 5.73 Å². The quantitative estimate of drug-likeness (QED) is 0.706. The Morgan fingerprint density at radius 2 is 1.78 bits per heavy atom. The molecule has 0 bridgehead atoms. The zero-order valence-electron chi connectivity index (χ0n) is 10.5. The van der Waals surface area contributed by atoms with E-state index in [0.29, 0.717) is 5.95 Å². The van der Waals surface area contributed by atoms with Crippen molar-refractivity contribution in [1.29, 1.82) is 0 Å². The van der Waals surface area contributed by atoms with Gasteiger partial charge in [-0.15, -0.1) is 0 Å². The molecule has 1 aromatic heterocycles. The molecular weight excluding hydrogens is 222 g/mol. The summed E-state index contributed by atoms with van der Waals surface area (Å²) in [6.45, 7) is 4.22. The second kappa shape index (κ2) is 3.88. The van der Waals surface area contributed by atoms with E-state index in [1.165, 1.54) is 11.1 Å². The first-order chi connectivity index (χ1) is 8.68. The molecule has 0 saturated carbocycles. The van der Waals surface area contributed by atoms with Crippen LogP contribution in [0.3, 0.4) is 0 Å². The van der Waals surface area contributed by atoms with Crippen LogP contribution in [0.5, 0.6) is 0 Å². The molecule has 2 aromatic carbocycles. The lowest BCUT2D eigenvalue weighted by atomic mass is 10.1. The van der Waals surface area contributed by atoms with Crippen LogP contribution in [0.4, 0.5) is 5.95 Å². The molecule has 0 aliphatic rings. The van der Waals surface area contributed by atoms with Gasteiger partial charge in [0.2, 0.25) is 5.95 Å². The third kappa shape index (κ3) is 1.48. The average molecular weight is 237 g/mol. The van der Waals surface area contributed by atoms with Crippen molar-refractivity contribution in [1.82, 2.24) is 9.55 Å². The summed E-state index contributed by atoms with van der Waals surface area (Å²) in [7, 11) is 0. The monoisotopic (exact) mass is 237 g/mol. The van der Waals surface area contributed by atoms with E-state index in [0.717, 1.165) is 16.7 Å². The fraction of sp³-hybridized carbons (Fsp3) is 0.133. The zero-order valence-corrected chi connectivity index (χ0v) is 10.5. The van der Waals surface area contributed by atoms with Crippen LogP contribution in [0.2, 0.25) is 0 Å². The minimum absolute atomic E-state index is 0.532. The first kappa shape index (κ1) is 10.8. The predicted octanol–water partition coefficient (Wildman–Crippen LogP) is 3.22. The van der Waals surface area contributed by atoms with Gasteiger partial charge in [-0.2, -0.15) is 0 Å². The molecule has 0 unspecified atom stereocenters. The summed E-state index contributed by atoms with van der Waals surface area (Å²) in [4.78, 5) is 4.40. The number of benzene rings is 2. The highest BCUT2D eigenvalue weighted by Crippen LogP contribution is 2.26. The number of hydrogen-bond donors (Lipinski definition) is 1. The number of fused-ring (bicyclic) bond motifs is 1. The van der Waals surface area contributed by atoms with Crippen LogP contribution in [0.15, 0.2) is 42.5 Å². The van der Waals surface area contributed by atoms with E-state index in [1.807, 2.05) is 34.9 Å². The molecule has 0 amide bonds. The maximum atomic E-state index is 6.06. The largest absolute Gasteiger partial charge is 0.369 e. The molecule has 18 heavy (non-hydrogen) atoms.